The molecule has 4 fully saturated rings. The Morgan fingerprint density at radius 3 is 2.59 bits per heavy atom. The summed E-state index contributed by atoms with van der Waals surface area (Å²) in [5, 5.41) is 0. The van der Waals surface area contributed by atoms with E-state index in [1.165, 1.54) is 32.1 Å². The second-order valence-electron chi connectivity index (χ2n) is 10.3. The highest BCUT2D eigenvalue weighted by molar-refractivity contribution is 5.66. The summed E-state index contributed by atoms with van der Waals surface area (Å²) in [6.07, 6.45) is 11.7. The molecule has 0 unspecified atom stereocenters. The standard InChI is InChI=1S/C23H34O4/c1-15(24)27-20-7-6-18-17-5-4-16-14-23(25-12-13-26-23)11-10-21(16,2)19(17)8-9-22(18,20)3/h4,17-20H,5-14H2,1-3H3/t17-,18-,19-,20+,21+,22+/m1/s1. The van der Waals surface area contributed by atoms with Crippen molar-refractivity contribution in [3.8, 4) is 0 Å². The molecule has 5 aliphatic rings. The monoisotopic (exact) mass is 374 g/mol. The lowest BCUT2D eigenvalue weighted by Crippen LogP contribution is -2.53. The van der Waals surface area contributed by atoms with Crippen molar-refractivity contribution in [1.29, 1.82) is 0 Å². The highest BCUT2D eigenvalue weighted by Crippen LogP contribution is 2.66. The van der Waals surface area contributed by atoms with Gasteiger partial charge in [-0.15, -0.1) is 0 Å². The van der Waals surface area contributed by atoms with E-state index >= 15 is 0 Å². The van der Waals surface area contributed by atoms with Gasteiger partial charge in [-0.2, -0.15) is 0 Å². The van der Waals surface area contributed by atoms with Gasteiger partial charge >= 0.3 is 5.97 Å². The van der Waals surface area contributed by atoms with Crippen molar-refractivity contribution in [3.05, 3.63) is 11.6 Å². The van der Waals surface area contributed by atoms with Crippen molar-refractivity contribution in [2.24, 2.45) is 28.6 Å². The first-order valence-electron chi connectivity index (χ1n) is 11.0. The zero-order valence-electron chi connectivity index (χ0n) is 17.1. The molecule has 27 heavy (non-hydrogen) atoms. The van der Waals surface area contributed by atoms with Gasteiger partial charge in [0.05, 0.1) is 13.2 Å². The van der Waals surface area contributed by atoms with Gasteiger partial charge in [0.15, 0.2) is 5.79 Å². The summed E-state index contributed by atoms with van der Waals surface area (Å²) in [5.74, 6) is 1.73. The molecule has 1 aliphatic heterocycles. The summed E-state index contributed by atoms with van der Waals surface area (Å²) in [4.78, 5) is 11.6. The number of hydrogen-bond donors (Lipinski definition) is 0. The van der Waals surface area contributed by atoms with Gasteiger partial charge < -0.3 is 14.2 Å². The third-order valence-corrected chi connectivity index (χ3v) is 9.15. The number of ether oxygens (including phenoxy) is 3. The molecule has 0 radical (unpaired) electrons. The maximum atomic E-state index is 11.6. The maximum Gasteiger partial charge on any atom is 0.302 e. The Labute approximate surface area is 163 Å². The molecule has 0 aromatic rings. The lowest BCUT2D eigenvalue weighted by molar-refractivity contribution is -0.186. The van der Waals surface area contributed by atoms with Gasteiger partial charge in [-0.05, 0) is 61.7 Å². The van der Waals surface area contributed by atoms with Crippen LogP contribution < -0.4 is 0 Å². The van der Waals surface area contributed by atoms with E-state index in [1.807, 2.05) is 0 Å². The molecule has 0 amide bonds. The predicted molar refractivity (Wildman–Crippen MR) is 102 cm³/mol. The lowest BCUT2D eigenvalue weighted by atomic mass is 9.47. The van der Waals surface area contributed by atoms with E-state index in [-0.39, 0.29) is 23.3 Å². The zero-order valence-corrected chi connectivity index (χ0v) is 17.1. The molecule has 4 aliphatic carbocycles. The lowest BCUT2D eigenvalue weighted by Gasteiger charge is -2.58. The average Bonchev–Trinajstić information content (AvgIpc) is 3.21. The fraction of sp³-hybridized carbons (Fsp3) is 0.870. The highest BCUT2D eigenvalue weighted by atomic mass is 16.7. The fourth-order valence-corrected chi connectivity index (χ4v) is 7.69. The molecular formula is C23H34O4. The Hall–Kier alpha value is -0.870. The number of carbonyl (C=O) groups excluding carboxylic acids is 1. The summed E-state index contributed by atoms with van der Waals surface area (Å²) in [6, 6.07) is 0. The smallest absolute Gasteiger partial charge is 0.302 e. The number of rotatable bonds is 1. The Kier molecular flexibility index (Phi) is 4.08. The van der Waals surface area contributed by atoms with Crippen molar-refractivity contribution in [1.82, 2.24) is 0 Å². The summed E-state index contributed by atoms with van der Waals surface area (Å²) in [5.41, 5.74) is 2.06. The normalized spacial score (nSPS) is 47.7. The van der Waals surface area contributed by atoms with Gasteiger partial charge in [0.1, 0.15) is 6.10 Å². The van der Waals surface area contributed by atoms with Crippen LogP contribution in [0.4, 0.5) is 0 Å². The van der Waals surface area contributed by atoms with Gasteiger partial charge in [-0.25, -0.2) is 0 Å². The molecule has 1 saturated heterocycles. The van der Waals surface area contributed by atoms with Crippen LogP contribution in [-0.2, 0) is 19.0 Å². The minimum absolute atomic E-state index is 0.115. The average molecular weight is 375 g/mol. The van der Waals surface area contributed by atoms with Crippen LogP contribution in [0.5, 0.6) is 0 Å². The molecule has 1 spiro atoms. The van der Waals surface area contributed by atoms with Gasteiger partial charge in [0.25, 0.3) is 0 Å². The largest absolute Gasteiger partial charge is 0.462 e. The molecule has 0 aromatic heterocycles. The van der Waals surface area contributed by atoms with E-state index in [0.29, 0.717) is 11.3 Å². The SMILES string of the molecule is CC(=O)O[C@H]1CC[C@@H]2[C@H]3CC=C4CC5(CC[C@]4(C)[C@@H]3CC[C@]12C)OCCO5. The van der Waals surface area contributed by atoms with Gasteiger partial charge in [0.2, 0.25) is 0 Å². The van der Waals surface area contributed by atoms with E-state index in [9.17, 15) is 4.79 Å². The molecule has 6 atom stereocenters. The first-order valence-corrected chi connectivity index (χ1v) is 11.0. The summed E-state index contributed by atoms with van der Waals surface area (Å²) >= 11 is 0. The van der Waals surface area contributed by atoms with Crippen LogP contribution >= 0.6 is 0 Å². The van der Waals surface area contributed by atoms with Gasteiger partial charge in [-0.3, -0.25) is 4.79 Å². The molecular weight excluding hydrogens is 340 g/mol. The second-order valence-corrected chi connectivity index (χ2v) is 10.3. The molecule has 0 bridgehead atoms. The minimum atomic E-state index is -0.324. The summed E-state index contributed by atoms with van der Waals surface area (Å²) < 4.78 is 17.8. The van der Waals surface area contributed by atoms with Crippen molar-refractivity contribution >= 4 is 5.97 Å². The third-order valence-electron chi connectivity index (χ3n) is 9.15. The molecule has 150 valence electrons. The minimum Gasteiger partial charge on any atom is -0.462 e. The number of esters is 1. The van der Waals surface area contributed by atoms with Gasteiger partial charge in [0, 0.05) is 25.2 Å². The molecule has 0 N–H and O–H groups in total. The highest BCUT2D eigenvalue weighted by Gasteiger charge is 2.61. The van der Waals surface area contributed by atoms with Crippen molar-refractivity contribution < 1.29 is 19.0 Å². The zero-order chi connectivity index (χ0) is 18.9. The summed E-state index contributed by atoms with van der Waals surface area (Å²) in [7, 11) is 0. The third kappa shape index (κ3) is 2.58. The van der Waals surface area contributed by atoms with Crippen LogP contribution in [0.2, 0.25) is 0 Å². The van der Waals surface area contributed by atoms with Crippen molar-refractivity contribution in [2.45, 2.75) is 84.0 Å². The number of allylic oxidation sites excluding steroid dienone is 1. The molecule has 0 aromatic carbocycles. The van der Waals surface area contributed by atoms with Gasteiger partial charge in [-0.1, -0.05) is 25.5 Å². The van der Waals surface area contributed by atoms with Crippen LogP contribution in [-0.4, -0.2) is 31.1 Å². The van der Waals surface area contributed by atoms with E-state index < -0.39 is 0 Å². The van der Waals surface area contributed by atoms with Crippen LogP contribution in [0.25, 0.3) is 0 Å². The molecule has 1 heterocycles. The quantitative estimate of drug-likeness (QED) is 0.496. The molecule has 4 nitrogen and oxygen atoms in total. The first-order chi connectivity index (χ1) is 12.9. The first kappa shape index (κ1) is 18.2. The van der Waals surface area contributed by atoms with Crippen molar-refractivity contribution in [2.75, 3.05) is 13.2 Å². The van der Waals surface area contributed by atoms with Crippen LogP contribution in [0, 0.1) is 28.6 Å². The van der Waals surface area contributed by atoms with E-state index in [4.69, 9.17) is 14.2 Å². The molecule has 3 saturated carbocycles. The number of carbonyl (C=O) groups is 1. The number of fused-ring (bicyclic) bond motifs is 5. The molecule has 5 rings (SSSR count). The maximum absolute atomic E-state index is 11.6. The topological polar surface area (TPSA) is 44.8 Å². The fourth-order valence-electron chi connectivity index (χ4n) is 7.69. The Morgan fingerprint density at radius 2 is 1.85 bits per heavy atom. The van der Waals surface area contributed by atoms with Crippen molar-refractivity contribution in [3.63, 3.8) is 0 Å². The van der Waals surface area contributed by atoms with Crippen LogP contribution in [0.15, 0.2) is 11.6 Å². The summed E-state index contributed by atoms with van der Waals surface area (Å²) in [6.45, 7) is 7.96. The van der Waals surface area contributed by atoms with E-state index in [2.05, 4.69) is 19.9 Å². The second kappa shape index (κ2) is 6.06. The van der Waals surface area contributed by atoms with Crippen LogP contribution in [0.3, 0.4) is 0 Å². The Bertz CT molecular complexity index is 663. The van der Waals surface area contributed by atoms with E-state index in [0.717, 1.165) is 44.3 Å². The van der Waals surface area contributed by atoms with Crippen LogP contribution in [0.1, 0.15) is 72.1 Å². The van der Waals surface area contributed by atoms with E-state index in [1.54, 1.807) is 12.5 Å². The Morgan fingerprint density at radius 1 is 1.07 bits per heavy atom. The predicted octanol–water partition coefficient (Wildman–Crippen LogP) is 4.62. The molecule has 4 heteroatoms. The Balaban J connectivity index is 1.41. The number of hydrogen-bond acceptors (Lipinski definition) is 4.